The van der Waals surface area contributed by atoms with Gasteiger partial charge in [0.05, 0.1) is 6.54 Å². The summed E-state index contributed by atoms with van der Waals surface area (Å²) >= 11 is 0. The second-order valence-electron chi connectivity index (χ2n) is 4.96. The van der Waals surface area contributed by atoms with Gasteiger partial charge in [-0.1, -0.05) is 18.2 Å². The van der Waals surface area contributed by atoms with Crippen molar-refractivity contribution in [3.05, 3.63) is 63.0 Å². The Morgan fingerprint density at radius 2 is 2.00 bits per heavy atom. The molecular formula is C15H15N3O3. The van der Waals surface area contributed by atoms with Crippen LogP contribution in [0, 0.1) is 0 Å². The van der Waals surface area contributed by atoms with Crippen molar-refractivity contribution < 1.29 is 4.42 Å². The second-order valence-corrected chi connectivity index (χ2v) is 4.96. The van der Waals surface area contributed by atoms with E-state index >= 15 is 0 Å². The Bertz CT molecular complexity index is 871. The van der Waals surface area contributed by atoms with Gasteiger partial charge in [0.1, 0.15) is 17.2 Å². The summed E-state index contributed by atoms with van der Waals surface area (Å²) in [6.45, 7) is 0.464. The number of aromatic nitrogens is 2. The lowest BCUT2D eigenvalue weighted by atomic mass is 10.2. The second kappa shape index (κ2) is 4.97. The summed E-state index contributed by atoms with van der Waals surface area (Å²) in [4.78, 5) is 27.1. The maximum atomic E-state index is 11.6. The molecule has 0 saturated heterocycles. The fraction of sp³-hybridized carbons (Fsp3) is 0.200. The lowest BCUT2D eigenvalue weighted by Gasteiger charge is -2.19. The predicted molar refractivity (Wildman–Crippen MR) is 80.6 cm³/mol. The number of para-hydroxylation sites is 1. The predicted octanol–water partition coefficient (Wildman–Crippen LogP) is 1.46. The van der Waals surface area contributed by atoms with Crippen molar-refractivity contribution in [2.45, 2.75) is 6.54 Å². The van der Waals surface area contributed by atoms with E-state index < -0.39 is 11.2 Å². The molecule has 6 heteroatoms. The van der Waals surface area contributed by atoms with Gasteiger partial charge in [0.25, 0.3) is 5.56 Å². The number of fused-ring (bicyclic) bond motifs is 1. The number of hydrogen-bond donors (Lipinski definition) is 1. The van der Waals surface area contributed by atoms with Crippen LogP contribution in [0.3, 0.4) is 0 Å². The van der Waals surface area contributed by atoms with Gasteiger partial charge in [-0.2, -0.15) is 0 Å². The molecule has 1 aromatic carbocycles. The van der Waals surface area contributed by atoms with Gasteiger partial charge in [-0.25, -0.2) is 4.79 Å². The maximum Gasteiger partial charge on any atom is 0.329 e. The van der Waals surface area contributed by atoms with Gasteiger partial charge in [0.15, 0.2) is 0 Å². The van der Waals surface area contributed by atoms with Crippen LogP contribution in [0.15, 0.2) is 50.4 Å². The number of anilines is 1. The summed E-state index contributed by atoms with van der Waals surface area (Å²) in [5, 5.41) is 1.03. The number of nitrogens with one attached hydrogen (secondary N) is 1. The molecule has 3 rings (SSSR count). The lowest BCUT2D eigenvalue weighted by molar-refractivity contribution is 0.542. The van der Waals surface area contributed by atoms with Crippen LogP contribution in [0.1, 0.15) is 5.76 Å². The summed E-state index contributed by atoms with van der Waals surface area (Å²) in [5.41, 5.74) is -0.0285. The van der Waals surface area contributed by atoms with Crippen molar-refractivity contribution >= 4 is 16.8 Å². The van der Waals surface area contributed by atoms with Gasteiger partial charge in [0, 0.05) is 25.5 Å². The largest absolute Gasteiger partial charge is 0.459 e. The molecule has 108 valence electrons. The molecule has 0 aliphatic rings. The first-order valence-electron chi connectivity index (χ1n) is 6.53. The number of nitrogens with zero attached hydrogens (tertiary/aromatic N) is 2. The van der Waals surface area contributed by atoms with Crippen LogP contribution >= 0.6 is 0 Å². The van der Waals surface area contributed by atoms with Gasteiger partial charge in [0.2, 0.25) is 0 Å². The zero-order valence-electron chi connectivity index (χ0n) is 11.8. The summed E-state index contributed by atoms with van der Waals surface area (Å²) in [5.74, 6) is 1.30. The van der Waals surface area contributed by atoms with Gasteiger partial charge in [-0.3, -0.25) is 14.3 Å². The van der Waals surface area contributed by atoms with E-state index in [1.165, 1.54) is 10.6 Å². The minimum atomic E-state index is -0.436. The van der Waals surface area contributed by atoms with E-state index in [4.69, 9.17) is 4.42 Å². The molecule has 0 unspecified atom stereocenters. The zero-order valence-corrected chi connectivity index (χ0v) is 11.8. The average Bonchev–Trinajstić information content (AvgIpc) is 2.84. The molecule has 0 radical (unpaired) electrons. The topological polar surface area (TPSA) is 71.2 Å². The van der Waals surface area contributed by atoms with Gasteiger partial charge < -0.3 is 9.32 Å². The third kappa shape index (κ3) is 2.47. The molecule has 0 spiro atoms. The third-order valence-corrected chi connectivity index (χ3v) is 3.40. The minimum absolute atomic E-state index is 0.412. The molecule has 0 aliphatic heterocycles. The molecule has 0 saturated carbocycles. The molecule has 21 heavy (non-hydrogen) atoms. The van der Waals surface area contributed by atoms with E-state index in [0.717, 1.165) is 16.7 Å². The molecule has 0 aliphatic carbocycles. The highest BCUT2D eigenvalue weighted by Crippen LogP contribution is 2.20. The van der Waals surface area contributed by atoms with Gasteiger partial charge >= 0.3 is 5.69 Å². The highest BCUT2D eigenvalue weighted by molar-refractivity contribution is 5.77. The molecule has 1 N–H and O–H groups in total. The van der Waals surface area contributed by atoms with E-state index in [9.17, 15) is 9.59 Å². The number of rotatable bonds is 3. The van der Waals surface area contributed by atoms with E-state index in [2.05, 4.69) is 4.98 Å². The van der Waals surface area contributed by atoms with Gasteiger partial charge in [-0.15, -0.1) is 0 Å². The molecule has 0 fully saturated rings. The Kier molecular flexibility index (Phi) is 3.13. The monoisotopic (exact) mass is 285 g/mol. The van der Waals surface area contributed by atoms with Crippen molar-refractivity contribution in [1.29, 1.82) is 0 Å². The van der Waals surface area contributed by atoms with Crippen molar-refractivity contribution in [2.24, 2.45) is 7.05 Å². The zero-order chi connectivity index (χ0) is 15.0. The Labute approximate surface area is 120 Å². The first kappa shape index (κ1) is 13.2. The first-order valence-corrected chi connectivity index (χ1v) is 6.53. The SMILES string of the molecule is CN(Cc1cc2ccccc2o1)c1cc(=O)[nH]c(=O)n1C. The molecule has 0 bridgehead atoms. The molecule has 0 atom stereocenters. The summed E-state index contributed by atoms with van der Waals surface area (Å²) in [7, 11) is 3.42. The van der Waals surface area contributed by atoms with Crippen LogP contribution in [0.5, 0.6) is 0 Å². The number of benzene rings is 1. The third-order valence-electron chi connectivity index (χ3n) is 3.40. The van der Waals surface area contributed by atoms with Crippen LogP contribution < -0.4 is 16.1 Å². The number of hydrogen-bond acceptors (Lipinski definition) is 4. The minimum Gasteiger partial charge on any atom is -0.459 e. The Morgan fingerprint density at radius 1 is 1.24 bits per heavy atom. The van der Waals surface area contributed by atoms with Crippen molar-refractivity contribution in [3.63, 3.8) is 0 Å². The van der Waals surface area contributed by atoms with Crippen molar-refractivity contribution in [2.75, 3.05) is 11.9 Å². The molecule has 2 heterocycles. The highest BCUT2D eigenvalue weighted by atomic mass is 16.3. The number of aromatic amines is 1. The molecule has 2 aromatic heterocycles. The highest BCUT2D eigenvalue weighted by Gasteiger charge is 2.11. The number of furan rings is 1. The maximum absolute atomic E-state index is 11.6. The van der Waals surface area contributed by atoms with Crippen molar-refractivity contribution in [1.82, 2.24) is 9.55 Å². The van der Waals surface area contributed by atoms with Crippen LogP contribution in [0.4, 0.5) is 5.82 Å². The van der Waals surface area contributed by atoms with Crippen LogP contribution in [0.25, 0.3) is 11.0 Å². The van der Waals surface area contributed by atoms with Gasteiger partial charge in [-0.05, 0) is 12.1 Å². The molecule has 0 amide bonds. The molecule has 3 aromatic rings. The average molecular weight is 285 g/mol. The van der Waals surface area contributed by atoms with E-state index in [1.54, 1.807) is 19.0 Å². The summed E-state index contributed by atoms with van der Waals surface area (Å²) in [6.07, 6.45) is 0. The molecule has 6 nitrogen and oxygen atoms in total. The van der Waals surface area contributed by atoms with Crippen molar-refractivity contribution in [3.8, 4) is 0 Å². The standard InChI is InChI=1S/C15H15N3O3/c1-17(14-8-13(19)16-15(20)18(14)2)9-11-7-10-5-3-4-6-12(10)21-11/h3-8H,9H2,1-2H3,(H,16,19,20). The number of H-pyrrole nitrogens is 1. The summed E-state index contributed by atoms with van der Waals surface area (Å²) < 4.78 is 7.14. The fourth-order valence-corrected chi connectivity index (χ4v) is 2.34. The normalized spacial score (nSPS) is 11.0. The van der Waals surface area contributed by atoms with Crippen LogP contribution in [-0.2, 0) is 13.6 Å². The van der Waals surface area contributed by atoms with Crippen LogP contribution in [-0.4, -0.2) is 16.6 Å². The van der Waals surface area contributed by atoms with E-state index in [1.807, 2.05) is 30.3 Å². The fourth-order valence-electron chi connectivity index (χ4n) is 2.34. The lowest BCUT2D eigenvalue weighted by Crippen LogP contribution is -2.33. The molecular weight excluding hydrogens is 270 g/mol. The van der Waals surface area contributed by atoms with E-state index in [-0.39, 0.29) is 0 Å². The van der Waals surface area contributed by atoms with Crippen LogP contribution in [0.2, 0.25) is 0 Å². The Morgan fingerprint density at radius 3 is 2.76 bits per heavy atom. The Balaban J connectivity index is 1.94. The smallest absolute Gasteiger partial charge is 0.329 e. The summed E-state index contributed by atoms with van der Waals surface area (Å²) in [6, 6.07) is 11.1. The first-order chi connectivity index (χ1) is 10.0. The Hall–Kier alpha value is -2.76. The quantitative estimate of drug-likeness (QED) is 0.790. The van der Waals surface area contributed by atoms with E-state index in [0.29, 0.717) is 12.4 Å².